The van der Waals surface area contributed by atoms with E-state index in [1.165, 1.54) is 327 Å². The van der Waals surface area contributed by atoms with Crippen molar-refractivity contribution in [1.29, 1.82) is 0 Å². The number of ether oxygens (including phenoxy) is 1. The summed E-state index contributed by atoms with van der Waals surface area (Å²) in [6, 6.07) is -0.542. The Labute approximate surface area is 476 Å². The lowest BCUT2D eigenvalue weighted by atomic mass is 10.0. The Morgan fingerprint density at radius 3 is 0.934 bits per heavy atom. The molecule has 1 amide bonds. The lowest BCUT2D eigenvalue weighted by Crippen LogP contribution is -2.45. The van der Waals surface area contributed by atoms with Crippen molar-refractivity contribution in [2.45, 2.75) is 411 Å². The quantitative estimate of drug-likeness (QED) is 0.0320. The minimum absolute atomic E-state index is 0.0197. The Morgan fingerprint density at radius 1 is 0.355 bits per heavy atom. The average molecular weight is 1070 g/mol. The molecule has 0 saturated carbocycles. The van der Waals surface area contributed by atoms with Crippen LogP contribution in [0.25, 0.3) is 0 Å². The summed E-state index contributed by atoms with van der Waals surface area (Å²) in [5.74, 6) is -0.0140. The fourth-order valence-corrected chi connectivity index (χ4v) is 11.2. The largest absolute Gasteiger partial charge is 0.466 e. The number of esters is 1. The van der Waals surface area contributed by atoms with Gasteiger partial charge in [0.15, 0.2) is 0 Å². The summed E-state index contributed by atoms with van der Waals surface area (Å²) in [5.41, 5.74) is 0. The molecule has 3 N–H and O–H groups in total. The van der Waals surface area contributed by atoms with Crippen molar-refractivity contribution in [1.82, 2.24) is 5.32 Å². The van der Waals surface area contributed by atoms with Crippen molar-refractivity contribution < 1.29 is 24.5 Å². The second-order valence-electron chi connectivity index (χ2n) is 24.2. The molecule has 0 aliphatic heterocycles. The number of unbranched alkanes of at least 4 members (excludes halogenated alkanes) is 53. The molecule has 2 atom stereocenters. The molecule has 6 nitrogen and oxygen atoms in total. The van der Waals surface area contributed by atoms with E-state index < -0.39 is 12.1 Å². The molecule has 0 aromatic carbocycles. The molecule has 0 bridgehead atoms. The zero-order chi connectivity index (χ0) is 55.0. The van der Waals surface area contributed by atoms with Crippen LogP contribution in [0.3, 0.4) is 0 Å². The molecule has 0 fully saturated rings. The summed E-state index contributed by atoms with van der Waals surface area (Å²) in [4.78, 5) is 24.6. The van der Waals surface area contributed by atoms with Crippen LogP contribution >= 0.6 is 0 Å². The molecule has 0 rings (SSSR count). The number of carbonyl (C=O) groups is 2. The number of hydrogen-bond donors (Lipinski definition) is 3. The van der Waals surface area contributed by atoms with E-state index in [0.717, 1.165) is 38.5 Å². The van der Waals surface area contributed by atoms with Crippen molar-refractivity contribution >= 4 is 11.9 Å². The van der Waals surface area contributed by atoms with Gasteiger partial charge in [0.2, 0.25) is 5.91 Å². The Hall–Kier alpha value is -1.40. The van der Waals surface area contributed by atoms with Gasteiger partial charge in [0, 0.05) is 12.8 Å². The van der Waals surface area contributed by atoms with Gasteiger partial charge in [-0.05, 0) is 51.4 Å². The summed E-state index contributed by atoms with van der Waals surface area (Å²) in [7, 11) is 0. The highest BCUT2D eigenvalue weighted by molar-refractivity contribution is 5.76. The number of carbonyl (C=O) groups excluding carboxylic acids is 2. The smallest absolute Gasteiger partial charge is 0.305 e. The van der Waals surface area contributed by atoms with Crippen molar-refractivity contribution in [3.05, 3.63) is 12.2 Å². The number of nitrogens with one attached hydrogen (secondary N) is 1. The van der Waals surface area contributed by atoms with Crippen LogP contribution in [0, 0.1) is 0 Å². The fraction of sp³-hybridized carbons (Fsp3) is 0.943. The van der Waals surface area contributed by atoms with Crippen LogP contribution in [0.15, 0.2) is 12.2 Å². The van der Waals surface area contributed by atoms with Gasteiger partial charge in [-0.2, -0.15) is 0 Å². The van der Waals surface area contributed by atoms with Gasteiger partial charge in [0.1, 0.15) is 0 Å². The minimum Gasteiger partial charge on any atom is -0.466 e. The van der Waals surface area contributed by atoms with Crippen LogP contribution in [0.5, 0.6) is 0 Å². The first-order valence-corrected chi connectivity index (χ1v) is 34.9. The second-order valence-corrected chi connectivity index (χ2v) is 24.2. The molecular weight excluding hydrogens is 935 g/mol. The SMILES string of the molecule is CCCCCCCCCCCCCCCCCCCCC(=O)OCCCCCCCCCCCCCC/C=C\CCCCCCCCCCCCC(=O)NC(CO)C(O)CCCCCCCCCCCCCCCCC. The van der Waals surface area contributed by atoms with Crippen LogP contribution in [-0.4, -0.2) is 47.4 Å². The molecule has 0 aromatic heterocycles. The number of aliphatic hydroxyl groups is 2. The number of amides is 1. The molecule has 0 saturated heterocycles. The molecule has 2 unspecified atom stereocenters. The van der Waals surface area contributed by atoms with Gasteiger partial charge >= 0.3 is 5.97 Å². The number of rotatable bonds is 66. The van der Waals surface area contributed by atoms with Gasteiger partial charge in [-0.15, -0.1) is 0 Å². The zero-order valence-electron chi connectivity index (χ0n) is 51.8. The highest BCUT2D eigenvalue weighted by Gasteiger charge is 2.20. The Kier molecular flexibility index (Phi) is 64.9. The molecule has 76 heavy (non-hydrogen) atoms. The van der Waals surface area contributed by atoms with E-state index in [2.05, 4.69) is 31.3 Å². The summed E-state index contributed by atoms with van der Waals surface area (Å²) >= 11 is 0. The van der Waals surface area contributed by atoms with Gasteiger partial charge in [-0.3, -0.25) is 9.59 Å². The van der Waals surface area contributed by atoms with Crippen molar-refractivity contribution in [2.24, 2.45) is 0 Å². The number of hydrogen-bond acceptors (Lipinski definition) is 5. The first-order chi connectivity index (χ1) is 37.5. The monoisotopic (exact) mass is 1070 g/mol. The highest BCUT2D eigenvalue weighted by atomic mass is 16.5. The normalized spacial score (nSPS) is 12.5. The predicted molar refractivity (Wildman–Crippen MR) is 333 cm³/mol. The van der Waals surface area contributed by atoms with Crippen LogP contribution < -0.4 is 5.32 Å². The summed E-state index contributed by atoms with van der Waals surface area (Å²) in [5, 5.41) is 23.3. The summed E-state index contributed by atoms with van der Waals surface area (Å²) < 4.78 is 5.51. The summed E-state index contributed by atoms with van der Waals surface area (Å²) in [6.07, 6.45) is 81.1. The van der Waals surface area contributed by atoms with Gasteiger partial charge in [0.05, 0.1) is 25.4 Å². The van der Waals surface area contributed by atoms with Crippen molar-refractivity contribution in [3.8, 4) is 0 Å². The third kappa shape index (κ3) is 61.8. The first kappa shape index (κ1) is 74.6. The maximum atomic E-state index is 12.5. The molecular formula is C70H137NO5. The third-order valence-corrected chi connectivity index (χ3v) is 16.6. The van der Waals surface area contributed by atoms with E-state index in [1.54, 1.807) is 0 Å². The van der Waals surface area contributed by atoms with Gasteiger partial charge in [-0.1, -0.05) is 347 Å². The number of allylic oxidation sites excluding steroid dienone is 2. The molecule has 452 valence electrons. The molecule has 6 heteroatoms. The molecule has 0 radical (unpaired) electrons. The minimum atomic E-state index is -0.665. The van der Waals surface area contributed by atoms with Gasteiger partial charge in [-0.25, -0.2) is 0 Å². The topological polar surface area (TPSA) is 95.9 Å². The third-order valence-electron chi connectivity index (χ3n) is 16.6. The van der Waals surface area contributed by atoms with E-state index >= 15 is 0 Å². The van der Waals surface area contributed by atoms with Crippen molar-refractivity contribution in [2.75, 3.05) is 13.2 Å². The van der Waals surface area contributed by atoms with E-state index in [0.29, 0.717) is 25.9 Å². The molecule has 0 aromatic rings. The molecule has 0 spiro atoms. The summed E-state index contributed by atoms with van der Waals surface area (Å²) in [6.45, 7) is 4.99. The zero-order valence-corrected chi connectivity index (χ0v) is 51.8. The second kappa shape index (κ2) is 66.1. The van der Waals surface area contributed by atoms with Gasteiger partial charge in [0.25, 0.3) is 0 Å². The maximum Gasteiger partial charge on any atom is 0.305 e. The first-order valence-electron chi connectivity index (χ1n) is 34.9. The van der Waals surface area contributed by atoms with Crippen LogP contribution in [-0.2, 0) is 14.3 Å². The van der Waals surface area contributed by atoms with E-state index in [4.69, 9.17) is 4.74 Å². The van der Waals surface area contributed by atoms with Gasteiger partial charge < -0.3 is 20.3 Å². The Bertz CT molecular complexity index is 1140. The lowest BCUT2D eigenvalue weighted by Gasteiger charge is -2.22. The number of aliphatic hydroxyl groups excluding tert-OH is 2. The van der Waals surface area contributed by atoms with Crippen molar-refractivity contribution in [3.63, 3.8) is 0 Å². The average Bonchev–Trinajstić information content (AvgIpc) is 3.42. The maximum absolute atomic E-state index is 12.5. The van der Waals surface area contributed by atoms with Crippen LogP contribution in [0.1, 0.15) is 399 Å². The van der Waals surface area contributed by atoms with E-state index in [1.807, 2.05) is 0 Å². The lowest BCUT2D eigenvalue weighted by molar-refractivity contribution is -0.143. The fourth-order valence-electron chi connectivity index (χ4n) is 11.2. The predicted octanol–water partition coefficient (Wildman–Crippen LogP) is 22.4. The van der Waals surface area contributed by atoms with E-state index in [-0.39, 0.29) is 18.5 Å². The highest BCUT2D eigenvalue weighted by Crippen LogP contribution is 2.19. The Morgan fingerprint density at radius 2 is 0.618 bits per heavy atom. The standard InChI is InChI=1S/C70H137NO5/c1-3-5-7-9-11-13-15-17-19-20-32-36-40-44-48-52-56-60-64-70(75)76-65-61-57-53-49-45-41-37-33-30-28-26-24-22-21-23-25-27-29-31-35-39-43-47-51-55-59-63-69(74)71-67(66-72)68(73)62-58-54-50-46-42-38-34-18-16-14-12-10-8-6-4-2/h21,23,67-68,72-73H,3-20,22,24-66H2,1-2H3,(H,71,74)/b23-21-. The molecule has 0 aliphatic rings. The Balaban J connectivity index is 3.36. The molecule has 0 heterocycles. The molecule has 0 aliphatic carbocycles. The van der Waals surface area contributed by atoms with Crippen LogP contribution in [0.4, 0.5) is 0 Å². The van der Waals surface area contributed by atoms with Crippen LogP contribution in [0.2, 0.25) is 0 Å². The van der Waals surface area contributed by atoms with E-state index in [9.17, 15) is 19.8 Å².